The molecule has 0 fully saturated rings. The van der Waals surface area contributed by atoms with E-state index in [-0.39, 0.29) is 5.41 Å². The summed E-state index contributed by atoms with van der Waals surface area (Å²) in [6, 6.07) is 68.8. The van der Waals surface area contributed by atoms with Gasteiger partial charge in [-0.15, -0.1) is 11.3 Å². The van der Waals surface area contributed by atoms with Crippen LogP contribution in [0, 0.1) is 0 Å². The molecule has 274 valence electrons. The molecule has 0 radical (unpaired) electrons. The van der Waals surface area contributed by atoms with Crippen molar-refractivity contribution >= 4 is 59.3 Å². The van der Waals surface area contributed by atoms with Crippen LogP contribution in [0.15, 0.2) is 188 Å². The Kier molecular flexibility index (Phi) is 7.18. The van der Waals surface area contributed by atoms with E-state index in [0.29, 0.717) is 0 Å². The van der Waals surface area contributed by atoms with Gasteiger partial charge in [0.05, 0.1) is 5.69 Å². The van der Waals surface area contributed by atoms with Crippen LogP contribution in [0.2, 0.25) is 0 Å². The van der Waals surface area contributed by atoms with Crippen LogP contribution in [0.1, 0.15) is 25.0 Å². The maximum Gasteiger partial charge on any atom is 0.135 e. The van der Waals surface area contributed by atoms with Gasteiger partial charge in [0.2, 0.25) is 0 Å². The second-order valence-corrected chi connectivity index (χ2v) is 17.1. The number of thiophene rings is 1. The van der Waals surface area contributed by atoms with Crippen molar-refractivity contribution in [3.63, 3.8) is 0 Å². The molecule has 9 aromatic carbocycles. The van der Waals surface area contributed by atoms with Gasteiger partial charge in [0, 0.05) is 47.9 Å². The molecule has 2 heterocycles. The standard InChI is InChI=1S/C55H37NOS/c1-55(2)47-22-8-6-17-40(47)46-21-12-23-48(54(46)55)56(38-26-28-43-42-18-7-9-24-51(42)58-52(43)33-38)37-16-10-15-35(31-37)36-25-27-41-45-20-11-19-44-39(34-13-4-3-5-14-34)29-30-49(53(44)45)57-50(41)32-36/h3-33H,1-2H3. The summed E-state index contributed by atoms with van der Waals surface area (Å²) in [6.07, 6.45) is 0. The van der Waals surface area contributed by atoms with Crippen LogP contribution in [-0.2, 0) is 5.41 Å². The summed E-state index contributed by atoms with van der Waals surface area (Å²) < 4.78 is 9.38. The highest BCUT2D eigenvalue weighted by Gasteiger charge is 2.38. The van der Waals surface area contributed by atoms with Crippen molar-refractivity contribution < 1.29 is 4.74 Å². The first-order valence-corrected chi connectivity index (χ1v) is 20.8. The minimum Gasteiger partial charge on any atom is -0.456 e. The molecule has 1 aromatic heterocycles. The number of hydrogen-bond acceptors (Lipinski definition) is 3. The third-order valence-corrected chi connectivity index (χ3v) is 13.6. The summed E-state index contributed by atoms with van der Waals surface area (Å²) in [4.78, 5) is 2.48. The van der Waals surface area contributed by atoms with E-state index < -0.39 is 0 Å². The van der Waals surface area contributed by atoms with Gasteiger partial charge in [-0.1, -0.05) is 147 Å². The van der Waals surface area contributed by atoms with E-state index in [4.69, 9.17) is 4.74 Å². The predicted octanol–water partition coefficient (Wildman–Crippen LogP) is 16.1. The van der Waals surface area contributed by atoms with Crippen LogP contribution < -0.4 is 9.64 Å². The Bertz CT molecular complexity index is 3300. The summed E-state index contributed by atoms with van der Waals surface area (Å²) in [6.45, 7) is 4.75. The van der Waals surface area contributed by atoms with Gasteiger partial charge in [-0.05, 0) is 110 Å². The van der Waals surface area contributed by atoms with Crippen molar-refractivity contribution in [3.05, 3.63) is 199 Å². The molecule has 12 rings (SSSR count). The molecule has 0 amide bonds. The van der Waals surface area contributed by atoms with Crippen LogP contribution in [0.5, 0.6) is 11.5 Å². The first-order chi connectivity index (χ1) is 28.5. The fourth-order valence-corrected chi connectivity index (χ4v) is 10.9. The highest BCUT2D eigenvalue weighted by atomic mass is 32.1. The van der Waals surface area contributed by atoms with Crippen LogP contribution in [0.25, 0.3) is 75.5 Å². The Hall–Kier alpha value is -6.94. The Labute approximate surface area is 341 Å². The largest absolute Gasteiger partial charge is 0.456 e. The van der Waals surface area contributed by atoms with E-state index in [0.717, 1.165) is 45.0 Å². The zero-order valence-corrected chi connectivity index (χ0v) is 33.0. The first kappa shape index (κ1) is 33.2. The van der Waals surface area contributed by atoms with Crippen LogP contribution in [-0.4, -0.2) is 0 Å². The Morgan fingerprint density at radius 3 is 2.05 bits per heavy atom. The second kappa shape index (κ2) is 12.5. The lowest BCUT2D eigenvalue weighted by atomic mass is 9.81. The van der Waals surface area contributed by atoms with E-state index in [1.54, 1.807) is 0 Å². The molecule has 1 aliphatic carbocycles. The minimum absolute atomic E-state index is 0.184. The van der Waals surface area contributed by atoms with E-state index in [1.807, 2.05) is 11.3 Å². The van der Waals surface area contributed by atoms with Crippen molar-refractivity contribution in [1.29, 1.82) is 0 Å². The molecule has 1 aliphatic heterocycles. The van der Waals surface area contributed by atoms with Crippen LogP contribution >= 0.6 is 11.3 Å². The van der Waals surface area contributed by atoms with Gasteiger partial charge >= 0.3 is 0 Å². The van der Waals surface area contributed by atoms with Gasteiger partial charge < -0.3 is 9.64 Å². The molecule has 0 unspecified atom stereocenters. The molecule has 0 bridgehead atoms. The maximum absolute atomic E-state index is 6.78. The third kappa shape index (κ3) is 4.90. The van der Waals surface area contributed by atoms with Gasteiger partial charge in [-0.2, -0.15) is 0 Å². The second-order valence-electron chi connectivity index (χ2n) is 16.1. The van der Waals surface area contributed by atoms with Gasteiger partial charge in [0.25, 0.3) is 0 Å². The zero-order chi connectivity index (χ0) is 38.5. The van der Waals surface area contributed by atoms with Crippen molar-refractivity contribution in [1.82, 2.24) is 0 Å². The topological polar surface area (TPSA) is 12.5 Å². The monoisotopic (exact) mass is 759 g/mol. The average molecular weight is 760 g/mol. The Morgan fingerprint density at radius 1 is 0.431 bits per heavy atom. The lowest BCUT2D eigenvalue weighted by Gasteiger charge is -2.32. The molecule has 58 heavy (non-hydrogen) atoms. The molecule has 0 saturated carbocycles. The molecule has 3 heteroatoms. The average Bonchev–Trinajstić information content (AvgIpc) is 3.76. The molecule has 2 aliphatic rings. The van der Waals surface area contributed by atoms with Crippen molar-refractivity contribution in [3.8, 4) is 56.0 Å². The normalized spacial score (nSPS) is 13.3. The predicted molar refractivity (Wildman–Crippen MR) is 245 cm³/mol. The minimum atomic E-state index is -0.184. The van der Waals surface area contributed by atoms with E-state index in [1.165, 1.54) is 70.2 Å². The van der Waals surface area contributed by atoms with Crippen molar-refractivity contribution in [2.75, 3.05) is 4.90 Å². The SMILES string of the molecule is CC1(C)c2ccccc2-c2cccc(N(c3cccc(-c4ccc5c(c4)Oc4ccc(-c6ccccc6)c6cccc-5c46)c3)c3ccc4c(c3)sc3ccccc34)c21. The third-order valence-electron chi connectivity index (χ3n) is 12.4. The quantitative estimate of drug-likeness (QED) is 0.173. The smallest absolute Gasteiger partial charge is 0.135 e. The van der Waals surface area contributed by atoms with Crippen molar-refractivity contribution in [2.24, 2.45) is 0 Å². The molecule has 0 N–H and O–H groups in total. The van der Waals surface area contributed by atoms with Gasteiger partial charge in [0.1, 0.15) is 11.5 Å². The van der Waals surface area contributed by atoms with Gasteiger partial charge in [0.15, 0.2) is 0 Å². The van der Waals surface area contributed by atoms with Crippen LogP contribution in [0.3, 0.4) is 0 Å². The Morgan fingerprint density at radius 2 is 1.12 bits per heavy atom. The van der Waals surface area contributed by atoms with Gasteiger partial charge in [-0.3, -0.25) is 0 Å². The highest BCUT2D eigenvalue weighted by Crippen LogP contribution is 2.55. The molecule has 10 aromatic rings. The number of benzene rings is 9. The summed E-state index contributed by atoms with van der Waals surface area (Å²) in [7, 11) is 0. The maximum atomic E-state index is 6.78. The first-order valence-electron chi connectivity index (χ1n) is 20.0. The van der Waals surface area contributed by atoms with E-state index in [9.17, 15) is 0 Å². The number of nitrogens with zero attached hydrogens (tertiary/aromatic N) is 1. The summed E-state index contributed by atoms with van der Waals surface area (Å²) in [5, 5.41) is 4.98. The molecular formula is C55H37NOS. The van der Waals surface area contributed by atoms with E-state index in [2.05, 4.69) is 207 Å². The van der Waals surface area contributed by atoms with E-state index >= 15 is 0 Å². The zero-order valence-electron chi connectivity index (χ0n) is 32.2. The molecule has 2 nitrogen and oxygen atoms in total. The summed E-state index contributed by atoms with van der Waals surface area (Å²) >= 11 is 1.86. The number of ether oxygens (including phenoxy) is 1. The number of hydrogen-bond donors (Lipinski definition) is 0. The fourth-order valence-electron chi connectivity index (χ4n) is 9.79. The van der Waals surface area contributed by atoms with Gasteiger partial charge in [-0.25, -0.2) is 0 Å². The summed E-state index contributed by atoms with van der Waals surface area (Å²) in [5.41, 5.74) is 15.6. The molecule has 0 saturated heterocycles. The number of anilines is 3. The molecular weight excluding hydrogens is 723 g/mol. The molecule has 0 atom stereocenters. The lowest BCUT2D eigenvalue weighted by molar-refractivity contribution is 0.487. The lowest BCUT2D eigenvalue weighted by Crippen LogP contribution is -2.20. The summed E-state index contributed by atoms with van der Waals surface area (Å²) in [5.74, 6) is 1.77. The fraction of sp³-hybridized carbons (Fsp3) is 0.0545. The number of fused-ring (bicyclic) bond motifs is 8. The number of rotatable bonds is 5. The highest BCUT2D eigenvalue weighted by molar-refractivity contribution is 7.25. The molecule has 0 spiro atoms. The van der Waals surface area contributed by atoms with Crippen LogP contribution in [0.4, 0.5) is 17.1 Å². The van der Waals surface area contributed by atoms with Crippen molar-refractivity contribution in [2.45, 2.75) is 19.3 Å². The Balaban J connectivity index is 1.01.